The number of halogens is 2. The molecular weight excluding hydrogens is 321 g/mol. The Morgan fingerprint density at radius 2 is 1.90 bits per heavy atom. The van der Waals surface area contributed by atoms with Crippen LogP contribution >= 0.6 is 15.9 Å². The molecular formula is C16H13BrFNO. The van der Waals surface area contributed by atoms with Crippen LogP contribution in [0.2, 0.25) is 0 Å². The molecule has 0 aliphatic heterocycles. The van der Waals surface area contributed by atoms with Crippen LogP contribution in [-0.2, 0) is 12.8 Å². The van der Waals surface area contributed by atoms with Gasteiger partial charge >= 0.3 is 0 Å². The summed E-state index contributed by atoms with van der Waals surface area (Å²) in [5.74, 6) is -0.735. The van der Waals surface area contributed by atoms with Gasteiger partial charge in [0.2, 0.25) is 0 Å². The Morgan fingerprint density at radius 1 is 1.10 bits per heavy atom. The Morgan fingerprint density at radius 3 is 2.75 bits per heavy atom. The van der Waals surface area contributed by atoms with E-state index in [1.165, 1.54) is 35.7 Å². The molecule has 1 aliphatic rings. The van der Waals surface area contributed by atoms with Crippen LogP contribution in [0.1, 0.15) is 27.9 Å². The van der Waals surface area contributed by atoms with Crippen LogP contribution in [0.4, 0.5) is 10.1 Å². The van der Waals surface area contributed by atoms with Gasteiger partial charge in [0.1, 0.15) is 5.82 Å². The Kier molecular flexibility index (Phi) is 3.57. The fourth-order valence-corrected chi connectivity index (χ4v) is 2.95. The smallest absolute Gasteiger partial charge is 0.256 e. The highest BCUT2D eigenvalue weighted by Gasteiger charge is 2.14. The van der Waals surface area contributed by atoms with Crippen LogP contribution in [0.5, 0.6) is 0 Å². The molecule has 3 rings (SSSR count). The molecule has 0 saturated heterocycles. The van der Waals surface area contributed by atoms with Crippen LogP contribution < -0.4 is 5.32 Å². The second-order valence-corrected chi connectivity index (χ2v) is 5.77. The first-order chi connectivity index (χ1) is 9.63. The van der Waals surface area contributed by atoms with Gasteiger partial charge in [-0.1, -0.05) is 6.07 Å². The molecule has 4 heteroatoms. The lowest BCUT2D eigenvalue weighted by atomic mass is 10.1. The molecule has 2 nitrogen and oxygen atoms in total. The van der Waals surface area contributed by atoms with Crippen LogP contribution in [0, 0.1) is 5.82 Å². The number of nitrogens with one attached hydrogen (secondary N) is 1. The standard InChI is InChI=1S/C16H13BrFNO/c17-15-7-5-12(18)9-14(15)16(20)19-13-6-4-10-2-1-3-11(10)8-13/h4-9H,1-3H2,(H,19,20). The van der Waals surface area contributed by atoms with Crippen molar-refractivity contribution in [3.05, 3.63) is 63.4 Å². The zero-order chi connectivity index (χ0) is 14.1. The Balaban J connectivity index is 1.84. The highest BCUT2D eigenvalue weighted by atomic mass is 79.9. The third-order valence-corrected chi connectivity index (χ3v) is 4.22. The maximum Gasteiger partial charge on any atom is 0.256 e. The lowest BCUT2D eigenvalue weighted by molar-refractivity contribution is 0.102. The van der Waals surface area contributed by atoms with Crippen LogP contribution in [0.25, 0.3) is 0 Å². The van der Waals surface area contributed by atoms with E-state index in [-0.39, 0.29) is 5.91 Å². The summed E-state index contributed by atoms with van der Waals surface area (Å²) >= 11 is 3.27. The van der Waals surface area contributed by atoms with Gasteiger partial charge < -0.3 is 5.32 Å². The second-order valence-electron chi connectivity index (χ2n) is 4.92. The molecule has 0 radical (unpaired) electrons. The first-order valence-corrected chi connectivity index (χ1v) is 7.31. The topological polar surface area (TPSA) is 29.1 Å². The summed E-state index contributed by atoms with van der Waals surface area (Å²) in [7, 11) is 0. The molecule has 0 heterocycles. The molecule has 1 amide bonds. The average molecular weight is 334 g/mol. The van der Waals surface area contributed by atoms with Gasteiger partial charge in [0, 0.05) is 10.2 Å². The average Bonchev–Trinajstić information content (AvgIpc) is 2.89. The Bertz CT molecular complexity index is 684. The van der Waals surface area contributed by atoms with E-state index < -0.39 is 5.82 Å². The molecule has 2 aromatic rings. The van der Waals surface area contributed by atoms with E-state index in [9.17, 15) is 9.18 Å². The number of amides is 1. The number of hydrogen-bond donors (Lipinski definition) is 1. The summed E-state index contributed by atoms with van der Waals surface area (Å²) in [6.45, 7) is 0. The van der Waals surface area contributed by atoms with E-state index in [1.54, 1.807) is 0 Å². The first-order valence-electron chi connectivity index (χ1n) is 6.52. The molecule has 102 valence electrons. The third-order valence-electron chi connectivity index (χ3n) is 3.53. The predicted molar refractivity (Wildman–Crippen MR) is 80.5 cm³/mol. The van der Waals surface area contributed by atoms with Gasteiger partial charge in [0.05, 0.1) is 5.56 Å². The summed E-state index contributed by atoms with van der Waals surface area (Å²) in [5.41, 5.74) is 3.70. The number of hydrogen-bond acceptors (Lipinski definition) is 1. The maximum atomic E-state index is 13.2. The van der Waals surface area contributed by atoms with Crippen molar-refractivity contribution in [1.82, 2.24) is 0 Å². The zero-order valence-corrected chi connectivity index (χ0v) is 12.3. The van der Waals surface area contributed by atoms with E-state index in [2.05, 4.69) is 27.3 Å². The number of carbonyl (C=O) groups excluding carboxylic acids is 1. The molecule has 1 aliphatic carbocycles. The molecule has 2 aromatic carbocycles. The molecule has 0 bridgehead atoms. The van der Waals surface area contributed by atoms with Crippen molar-refractivity contribution in [3.63, 3.8) is 0 Å². The first kappa shape index (κ1) is 13.3. The summed E-state index contributed by atoms with van der Waals surface area (Å²) in [4.78, 5) is 12.2. The third kappa shape index (κ3) is 2.61. The fourth-order valence-electron chi connectivity index (χ4n) is 2.52. The monoisotopic (exact) mass is 333 g/mol. The van der Waals surface area contributed by atoms with E-state index in [4.69, 9.17) is 0 Å². The van der Waals surface area contributed by atoms with E-state index in [0.29, 0.717) is 10.0 Å². The van der Waals surface area contributed by atoms with E-state index in [0.717, 1.165) is 18.5 Å². The summed E-state index contributed by atoms with van der Waals surface area (Å²) in [6.07, 6.45) is 3.34. The molecule has 0 unspecified atom stereocenters. The summed E-state index contributed by atoms with van der Waals surface area (Å²) in [6, 6.07) is 10.0. The second kappa shape index (κ2) is 5.37. The van der Waals surface area contributed by atoms with Gasteiger partial charge in [-0.25, -0.2) is 4.39 Å². The predicted octanol–water partition coefficient (Wildman–Crippen LogP) is 4.33. The van der Waals surface area contributed by atoms with Gasteiger partial charge in [-0.05, 0) is 76.7 Å². The Hall–Kier alpha value is -1.68. The van der Waals surface area contributed by atoms with Crippen molar-refractivity contribution < 1.29 is 9.18 Å². The normalized spacial score (nSPS) is 13.1. The number of anilines is 1. The Labute approximate surface area is 125 Å². The minimum atomic E-state index is -0.424. The largest absolute Gasteiger partial charge is 0.322 e. The van der Waals surface area contributed by atoms with Gasteiger partial charge in [0.25, 0.3) is 5.91 Å². The molecule has 0 aromatic heterocycles. The fraction of sp³-hybridized carbons (Fsp3) is 0.188. The minimum Gasteiger partial charge on any atom is -0.322 e. The van der Waals surface area contributed by atoms with Crippen molar-refractivity contribution in [3.8, 4) is 0 Å². The number of fused-ring (bicyclic) bond motifs is 1. The van der Waals surface area contributed by atoms with Crippen molar-refractivity contribution in [2.75, 3.05) is 5.32 Å². The highest BCUT2D eigenvalue weighted by Crippen LogP contribution is 2.26. The van der Waals surface area contributed by atoms with Crippen molar-refractivity contribution >= 4 is 27.5 Å². The van der Waals surface area contributed by atoms with Gasteiger partial charge in [-0.15, -0.1) is 0 Å². The molecule has 0 fully saturated rings. The van der Waals surface area contributed by atoms with Gasteiger partial charge in [0.15, 0.2) is 0 Å². The summed E-state index contributed by atoms with van der Waals surface area (Å²) in [5, 5.41) is 2.82. The molecule has 20 heavy (non-hydrogen) atoms. The summed E-state index contributed by atoms with van der Waals surface area (Å²) < 4.78 is 13.8. The van der Waals surface area contributed by atoms with Gasteiger partial charge in [-0.2, -0.15) is 0 Å². The quantitative estimate of drug-likeness (QED) is 0.870. The SMILES string of the molecule is O=C(Nc1ccc2c(c1)CCC2)c1cc(F)ccc1Br. The zero-order valence-electron chi connectivity index (χ0n) is 10.7. The number of aryl methyl sites for hydroxylation is 2. The van der Waals surface area contributed by atoms with Crippen LogP contribution in [0.15, 0.2) is 40.9 Å². The molecule has 1 N–H and O–H groups in total. The highest BCUT2D eigenvalue weighted by molar-refractivity contribution is 9.10. The molecule has 0 atom stereocenters. The van der Waals surface area contributed by atoms with E-state index in [1.807, 2.05) is 12.1 Å². The number of carbonyl (C=O) groups is 1. The van der Waals surface area contributed by atoms with Crippen LogP contribution in [-0.4, -0.2) is 5.91 Å². The van der Waals surface area contributed by atoms with Crippen molar-refractivity contribution in [2.24, 2.45) is 0 Å². The molecule has 0 spiro atoms. The van der Waals surface area contributed by atoms with Crippen LogP contribution in [0.3, 0.4) is 0 Å². The number of benzene rings is 2. The van der Waals surface area contributed by atoms with Gasteiger partial charge in [-0.3, -0.25) is 4.79 Å². The van der Waals surface area contributed by atoms with Crippen molar-refractivity contribution in [2.45, 2.75) is 19.3 Å². The molecule has 0 saturated carbocycles. The maximum absolute atomic E-state index is 13.2. The number of rotatable bonds is 2. The van der Waals surface area contributed by atoms with E-state index >= 15 is 0 Å². The minimum absolute atomic E-state index is 0.297. The lowest BCUT2D eigenvalue weighted by Crippen LogP contribution is -2.13. The lowest BCUT2D eigenvalue weighted by Gasteiger charge is -2.09. The van der Waals surface area contributed by atoms with Crippen molar-refractivity contribution in [1.29, 1.82) is 0 Å².